The monoisotopic (exact) mass is 247 g/mol. The van der Waals surface area contributed by atoms with E-state index in [-0.39, 0.29) is 5.76 Å². The average Bonchev–Trinajstić information content (AvgIpc) is 2.81. The molecule has 0 aliphatic heterocycles. The van der Waals surface area contributed by atoms with E-state index < -0.39 is 16.7 Å². The third kappa shape index (κ3) is 2.29. The number of amides is 1. The van der Waals surface area contributed by atoms with Gasteiger partial charge in [-0.2, -0.15) is 0 Å². The molecule has 3 N–H and O–H groups in total. The van der Waals surface area contributed by atoms with Crippen LogP contribution in [0.2, 0.25) is 0 Å². The van der Waals surface area contributed by atoms with Crippen LogP contribution in [0.5, 0.6) is 0 Å². The number of nitrogen functional groups attached to an aromatic ring is 1. The van der Waals surface area contributed by atoms with Crippen molar-refractivity contribution in [3.8, 4) is 0 Å². The molecular formula is C11H9N3O4. The van der Waals surface area contributed by atoms with Gasteiger partial charge in [0.1, 0.15) is 4.92 Å². The zero-order chi connectivity index (χ0) is 13.1. The maximum atomic E-state index is 11.7. The van der Waals surface area contributed by atoms with Gasteiger partial charge in [-0.1, -0.05) is 12.1 Å². The number of hydrogen-bond donors (Lipinski definition) is 2. The van der Waals surface area contributed by atoms with E-state index in [4.69, 9.17) is 10.2 Å². The number of nitro groups is 1. The van der Waals surface area contributed by atoms with Gasteiger partial charge in [-0.05, 0) is 18.2 Å². The molecule has 0 spiro atoms. The highest BCUT2D eigenvalue weighted by Crippen LogP contribution is 2.20. The molecular weight excluding hydrogens is 238 g/mol. The molecule has 7 heteroatoms. The number of furan rings is 1. The predicted octanol–water partition coefficient (Wildman–Crippen LogP) is 2.02. The smallest absolute Gasteiger partial charge is 0.397 e. The van der Waals surface area contributed by atoms with Gasteiger partial charge in [0.15, 0.2) is 5.76 Å². The zero-order valence-electron chi connectivity index (χ0n) is 9.12. The molecule has 0 aliphatic carbocycles. The second kappa shape index (κ2) is 4.58. The highest BCUT2D eigenvalue weighted by molar-refractivity contribution is 6.04. The van der Waals surface area contributed by atoms with Gasteiger partial charge in [0, 0.05) is 0 Å². The molecule has 7 nitrogen and oxygen atoms in total. The number of nitrogens with two attached hydrogens (primary N) is 1. The molecule has 0 atom stereocenters. The average molecular weight is 247 g/mol. The minimum absolute atomic E-state index is 0.148. The van der Waals surface area contributed by atoms with Gasteiger partial charge in [-0.3, -0.25) is 14.9 Å². The molecule has 0 radical (unpaired) electrons. The number of anilines is 2. The summed E-state index contributed by atoms with van der Waals surface area (Å²) in [5.74, 6) is -1.23. The Hall–Kier alpha value is -2.83. The lowest BCUT2D eigenvalue weighted by molar-refractivity contribution is -0.402. The maximum Gasteiger partial charge on any atom is 0.433 e. The van der Waals surface area contributed by atoms with Gasteiger partial charge >= 0.3 is 5.88 Å². The van der Waals surface area contributed by atoms with Gasteiger partial charge in [0.2, 0.25) is 0 Å². The third-order valence-electron chi connectivity index (χ3n) is 2.20. The van der Waals surface area contributed by atoms with E-state index in [2.05, 4.69) is 5.32 Å². The summed E-state index contributed by atoms with van der Waals surface area (Å²) in [4.78, 5) is 21.4. The van der Waals surface area contributed by atoms with Gasteiger partial charge in [0.25, 0.3) is 5.91 Å². The van der Waals surface area contributed by atoms with Crippen molar-refractivity contribution in [2.45, 2.75) is 0 Å². The Morgan fingerprint density at radius 2 is 2.00 bits per heavy atom. The molecule has 92 valence electrons. The van der Waals surface area contributed by atoms with Crippen molar-refractivity contribution in [1.82, 2.24) is 0 Å². The summed E-state index contributed by atoms with van der Waals surface area (Å²) < 4.78 is 4.77. The van der Waals surface area contributed by atoms with Crippen molar-refractivity contribution < 1.29 is 14.1 Å². The molecule has 1 heterocycles. The fourth-order valence-electron chi connectivity index (χ4n) is 1.34. The van der Waals surface area contributed by atoms with Crippen LogP contribution in [0.25, 0.3) is 0 Å². The highest BCUT2D eigenvalue weighted by atomic mass is 16.6. The van der Waals surface area contributed by atoms with Crippen molar-refractivity contribution >= 4 is 23.2 Å². The number of benzene rings is 1. The van der Waals surface area contributed by atoms with Crippen LogP contribution < -0.4 is 11.1 Å². The number of para-hydroxylation sites is 2. The van der Waals surface area contributed by atoms with Crippen LogP contribution in [-0.4, -0.2) is 10.8 Å². The zero-order valence-corrected chi connectivity index (χ0v) is 9.12. The largest absolute Gasteiger partial charge is 0.433 e. The molecule has 0 saturated carbocycles. The van der Waals surface area contributed by atoms with Gasteiger partial charge in [0.05, 0.1) is 17.4 Å². The van der Waals surface area contributed by atoms with E-state index >= 15 is 0 Å². The van der Waals surface area contributed by atoms with Crippen molar-refractivity contribution in [3.05, 3.63) is 52.3 Å². The fourth-order valence-corrected chi connectivity index (χ4v) is 1.34. The summed E-state index contributed by atoms with van der Waals surface area (Å²) >= 11 is 0. The topological polar surface area (TPSA) is 111 Å². The lowest BCUT2D eigenvalue weighted by atomic mass is 10.2. The highest BCUT2D eigenvalue weighted by Gasteiger charge is 2.17. The van der Waals surface area contributed by atoms with Crippen LogP contribution in [0.3, 0.4) is 0 Å². The van der Waals surface area contributed by atoms with E-state index in [1.165, 1.54) is 6.07 Å². The Labute approximate surface area is 101 Å². The lowest BCUT2D eigenvalue weighted by Gasteiger charge is -2.05. The molecule has 2 rings (SSSR count). The van der Waals surface area contributed by atoms with Crippen molar-refractivity contribution in [2.75, 3.05) is 11.1 Å². The number of nitrogens with zero attached hydrogens (tertiary/aromatic N) is 1. The van der Waals surface area contributed by atoms with Gasteiger partial charge in [-0.15, -0.1) is 0 Å². The summed E-state index contributed by atoms with van der Waals surface area (Å²) in [5, 5.41) is 12.9. The number of carbonyl (C=O) groups is 1. The predicted molar refractivity (Wildman–Crippen MR) is 64.2 cm³/mol. The molecule has 0 fully saturated rings. The molecule has 1 aromatic heterocycles. The second-order valence-corrected chi connectivity index (χ2v) is 3.44. The van der Waals surface area contributed by atoms with Crippen LogP contribution in [0.4, 0.5) is 17.3 Å². The molecule has 2 aromatic rings. The quantitative estimate of drug-likeness (QED) is 0.489. The van der Waals surface area contributed by atoms with Crippen LogP contribution in [0.15, 0.2) is 40.8 Å². The summed E-state index contributed by atoms with van der Waals surface area (Å²) in [6.07, 6.45) is 0. The van der Waals surface area contributed by atoms with Gasteiger partial charge in [-0.25, -0.2) is 0 Å². The first-order valence-electron chi connectivity index (χ1n) is 4.98. The summed E-state index contributed by atoms with van der Waals surface area (Å²) in [5.41, 5.74) is 6.46. The number of nitrogens with one attached hydrogen (secondary N) is 1. The van der Waals surface area contributed by atoms with Crippen LogP contribution in [-0.2, 0) is 0 Å². The Balaban J connectivity index is 2.17. The number of carbonyl (C=O) groups excluding carboxylic acids is 1. The van der Waals surface area contributed by atoms with E-state index in [1.54, 1.807) is 24.3 Å². The van der Waals surface area contributed by atoms with Crippen molar-refractivity contribution in [1.29, 1.82) is 0 Å². The third-order valence-corrected chi connectivity index (χ3v) is 2.20. The minimum Gasteiger partial charge on any atom is -0.397 e. The number of hydrogen-bond acceptors (Lipinski definition) is 5. The first kappa shape index (κ1) is 11.6. The van der Waals surface area contributed by atoms with E-state index in [9.17, 15) is 14.9 Å². The first-order chi connectivity index (χ1) is 8.58. The number of rotatable bonds is 3. The Bertz CT molecular complexity index is 606. The Morgan fingerprint density at radius 1 is 1.28 bits per heavy atom. The Morgan fingerprint density at radius 3 is 2.61 bits per heavy atom. The van der Waals surface area contributed by atoms with Crippen molar-refractivity contribution in [2.24, 2.45) is 0 Å². The van der Waals surface area contributed by atoms with E-state index in [0.717, 1.165) is 6.07 Å². The maximum absolute atomic E-state index is 11.7. The lowest BCUT2D eigenvalue weighted by Crippen LogP contribution is -2.12. The summed E-state index contributed by atoms with van der Waals surface area (Å²) in [7, 11) is 0. The molecule has 0 aliphatic rings. The Kier molecular flexibility index (Phi) is 2.96. The first-order valence-corrected chi connectivity index (χ1v) is 4.98. The second-order valence-electron chi connectivity index (χ2n) is 3.44. The van der Waals surface area contributed by atoms with Crippen LogP contribution in [0.1, 0.15) is 10.6 Å². The molecule has 0 unspecified atom stereocenters. The normalized spacial score (nSPS) is 10.0. The summed E-state index contributed by atoms with van der Waals surface area (Å²) in [6.45, 7) is 0. The van der Waals surface area contributed by atoms with E-state index in [0.29, 0.717) is 11.4 Å². The molecule has 1 amide bonds. The SMILES string of the molecule is Nc1ccccc1NC(=O)c1ccc([N+](=O)[O-])o1. The standard InChI is InChI=1S/C11H9N3O4/c12-7-3-1-2-4-8(7)13-11(15)9-5-6-10(18-9)14(16)17/h1-6H,12H2,(H,13,15). The fraction of sp³-hybridized carbons (Fsp3) is 0. The van der Waals surface area contributed by atoms with Crippen molar-refractivity contribution in [3.63, 3.8) is 0 Å². The molecule has 0 saturated heterocycles. The van der Waals surface area contributed by atoms with Crippen LogP contribution in [0, 0.1) is 10.1 Å². The summed E-state index contributed by atoms with van der Waals surface area (Å²) in [6, 6.07) is 9.01. The van der Waals surface area contributed by atoms with E-state index in [1.807, 2.05) is 0 Å². The molecule has 1 aromatic carbocycles. The van der Waals surface area contributed by atoms with Crippen LogP contribution >= 0.6 is 0 Å². The molecule has 0 bridgehead atoms. The van der Waals surface area contributed by atoms with Gasteiger partial charge < -0.3 is 15.5 Å². The minimum atomic E-state index is -0.715. The molecule has 18 heavy (non-hydrogen) atoms.